The van der Waals surface area contributed by atoms with Crippen LogP contribution in [0.5, 0.6) is 0 Å². The molecule has 1 aromatic heterocycles. The summed E-state index contributed by atoms with van der Waals surface area (Å²) in [5.41, 5.74) is 3.89. The summed E-state index contributed by atoms with van der Waals surface area (Å²) in [6, 6.07) is 8.47. The molecule has 0 saturated heterocycles. The predicted octanol–water partition coefficient (Wildman–Crippen LogP) is 3.12. The zero-order valence-electron chi connectivity index (χ0n) is 14.9. The summed E-state index contributed by atoms with van der Waals surface area (Å²) >= 11 is 0. The van der Waals surface area contributed by atoms with Crippen LogP contribution >= 0.6 is 24.0 Å². The van der Waals surface area contributed by atoms with Crippen molar-refractivity contribution >= 4 is 29.9 Å². The molecule has 0 spiro atoms. The quantitative estimate of drug-likeness (QED) is 0.412. The number of halogens is 1. The van der Waals surface area contributed by atoms with Gasteiger partial charge in [-0.2, -0.15) is 5.10 Å². The first kappa shape index (κ1) is 20.5. The lowest BCUT2D eigenvalue weighted by atomic mass is 10.1. The molecule has 0 aliphatic heterocycles. The van der Waals surface area contributed by atoms with Gasteiger partial charge in [-0.3, -0.25) is 9.67 Å². The summed E-state index contributed by atoms with van der Waals surface area (Å²) in [7, 11) is 1.80. The molecule has 1 unspecified atom stereocenters. The van der Waals surface area contributed by atoms with Crippen LogP contribution in [-0.4, -0.2) is 29.3 Å². The van der Waals surface area contributed by atoms with Crippen LogP contribution in [0, 0.1) is 19.8 Å². The Labute approximate surface area is 162 Å². The van der Waals surface area contributed by atoms with E-state index in [4.69, 9.17) is 0 Å². The molecule has 0 aliphatic rings. The number of aromatic nitrogens is 2. The SMILES string of the molecule is CN=C(NCc1ccc(C)cc1C)NCC(C)Cn1cccn1.I. The Bertz CT molecular complexity index is 637. The van der Waals surface area contributed by atoms with Crippen LogP contribution in [0.4, 0.5) is 0 Å². The Morgan fingerprint density at radius 3 is 2.71 bits per heavy atom. The molecule has 2 aromatic rings. The van der Waals surface area contributed by atoms with Crippen LogP contribution in [0.2, 0.25) is 0 Å². The summed E-state index contributed by atoms with van der Waals surface area (Å²) in [5, 5.41) is 11.0. The zero-order valence-corrected chi connectivity index (χ0v) is 17.2. The minimum Gasteiger partial charge on any atom is -0.356 e. The van der Waals surface area contributed by atoms with Crippen LogP contribution in [0.25, 0.3) is 0 Å². The monoisotopic (exact) mass is 441 g/mol. The molecule has 6 heteroatoms. The highest BCUT2D eigenvalue weighted by molar-refractivity contribution is 14.0. The van der Waals surface area contributed by atoms with Crippen molar-refractivity contribution in [2.24, 2.45) is 10.9 Å². The number of nitrogens with zero attached hydrogens (tertiary/aromatic N) is 3. The Morgan fingerprint density at radius 2 is 2.08 bits per heavy atom. The molecule has 0 aliphatic carbocycles. The third kappa shape index (κ3) is 6.51. The number of benzene rings is 1. The van der Waals surface area contributed by atoms with Gasteiger partial charge in [-0.15, -0.1) is 24.0 Å². The van der Waals surface area contributed by atoms with Crippen molar-refractivity contribution in [1.82, 2.24) is 20.4 Å². The highest BCUT2D eigenvalue weighted by atomic mass is 127. The second-order valence-corrected chi connectivity index (χ2v) is 6.07. The van der Waals surface area contributed by atoms with Gasteiger partial charge in [-0.25, -0.2) is 0 Å². The molecule has 0 fully saturated rings. The van der Waals surface area contributed by atoms with Crippen molar-refractivity contribution in [1.29, 1.82) is 0 Å². The van der Waals surface area contributed by atoms with Gasteiger partial charge in [0.2, 0.25) is 0 Å². The maximum Gasteiger partial charge on any atom is 0.191 e. The molecular formula is C18H28IN5. The first-order chi connectivity index (χ1) is 11.1. The molecule has 0 radical (unpaired) electrons. The van der Waals surface area contributed by atoms with Crippen LogP contribution in [-0.2, 0) is 13.1 Å². The number of nitrogens with one attached hydrogen (secondary N) is 2. The molecule has 1 heterocycles. The molecule has 1 atom stereocenters. The van der Waals surface area contributed by atoms with Crippen molar-refractivity contribution in [3.8, 4) is 0 Å². The summed E-state index contributed by atoms with van der Waals surface area (Å²) in [4.78, 5) is 4.29. The highest BCUT2D eigenvalue weighted by Crippen LogP contribution is 2.10. The standard InChI is InChI=1S/C18H27N5.HI/c1-14-6-7-17(16(3)10-14)12-21-18(19-4)20-11-15(2)13-23-9-5-8-22-23;/h5-10,15H,11-13H2,1-4H3,(H2,19,20,21);1H. The third-order valence-electron chi connectivity index (χ3n) is 3.84. The fraction of sp³-hybridized carbons (Fsp3) is 0.444. The van der Waals surface area contributed by atoms with E-state index in [0.717, 1.165) is 25.6 Å². The minimum absolute atomic E-state index is 0. The van der Waals surface area contributed by atoms with Crippen LogP contribution in [0.3, 0.4) is 0 Å². The summed E-state index contributed by atoms with van der Waals surface area (Å²) in [6.07, 6.45) is 3.80. The lowest BCUT2D eigenvalue weighted by Gasteiger charge is -2.17. The van der Waals surface area contributed by atoms with Crippen molar-refractivity contribution in [2.45, 2.75) is 33.9 Å². The van der Waals surface area contributed by atoms with E-state index in [1.165, 1.54) is 16.7 Å². The zero-order chi connectivity index (χ0) is 16.7. The van der Waals surface area contributed by atoms with Crippen molar-refractivity contribution in [3.05, 3.63) is 53.3 Å². The van der Waals surface area contributed by atoms with Crippen LogP contribution in [0.1, 0.15) is 23.6 Å². The average molecular weight is 441 g/mol. The van der Waals surface area contributed by atoms with E-state index in [1.54, 1.807) is 7.05 Å². The van der Waals surface area contributed by atoms with E-state index in [1.807, 2.05) is 23.1 Å². The maximum atomic E-state index is 4.29. The second kappa shape index (κ2) is 10.3. The molecule has 132 valence electrons. The van der Waals surface area contributed by atoms with Gasteiger partial charge in [0.05, 0.1) is 0 Å². The number of guanidine groups is 1. The van der Waals surface area contributed by atoms with Gasteiger partial charge in [0.25, 0.3) is 0 Å². The van der Waals surface area contributed by atoms with Crippen molar-refractivity contribution in [2.75, 3.05) is 13.6 Å². The Hall–Kier alpha value is -1.57. The molecule has 2 N–H and O–H groups in total. The fourth-order valence-corrected chi connectivity index (χ4v) is 2.51. The maximum absolute atomic E-state index is 4.29. The number of hydrogen-bond acceptors (Lipinski definition) is 2. The van der Waals surface area contributed by atoms with E-state index >= 15 is 0 Å². The number of rotatable bonds is 6. The normalized spacial score (nSPS) is 12.4. The molecule has 1 aromatic carbocycles. The Morgan fingerprint density at radius 1 is 1.29 bits per heavy atom. The van der Waals surface area contributed by atoms with E-state index in [0.29, 0.717) is 5.92 Å². The van der Waals surface area contributed by atoms with E-state index < -0.39 is 0 Å². The number of hydrogen-bond donors (Lipinski definition) is 2. The van der Waals surface area contributed by atoms with Crippen molar-refractivity contribution in [3.63, 3.8) is 0 Å². The lowest BCUT2D eigenvalue weighted by Crippen LogP contribution is -2.39. The van der Waals surface area contributed by atoms with E-state index in [2.05, 4.69) is 59.7 Å². The van der Waals surface area contributed by atoms with Gasteiger partial charge in [0.15, 0.2) is 5.96 Å². The van der Waals surface area contributed by atoms with E-state index in [-0.39, 0.29) is 24.0 Å². The topological polar surface area (TPSA) is 54.2 Å². The largest absolute Gasteiger partial charge is 0.356 e. The first-order valence-corrected chi connectivity index (χ1v) is 8.06. The van der Waals surface area contributed by atoms with E-state index in [9.17, 15) is 0 Å². The predicted molar refractivity (Wildman–Crippen MR) is 111 cm³/mol. The third-order valence-corrected chi connectivity index (χ3v) is 3.84. The molecule has 2 rings (SSSR count). The minimum atomic E-state index is 0. The summed E-state index contributed by atoms with van der Waals surface area (Å²) in [5.74, 6) is 1.30. The lowest BCUT2D eigenvalue weighted by molar-refractivity contribution is 0.443. The number of aliphatic imine (C=N–C) groups is 1. The van der Waals surface area contributed by atoms with Crippen LogP contribution in [0.15, 0.2) is 41.7 Å². The van der Waals surface area contributed by atoms with Gasteiger partial charge >= 0.3 is 0 Å². The molecule has 24 heavy (non-hydrogen) atoms. The van der Waals surface area contributed by atoms with Gasteiger partial charge in [-0.05, 0) is 37.0 Å². The highest BCUT2D eigenvalue weighted by Gasteiger charge is 2.06. The van der Waals surface area contributed by atoms with Crippen molar-refractivity contribution < 1.29 is 0 Å². The summed E-state index contributed by atoms with van der Waals surface area (Å²) < 4.78 is 1.96. The first-order valence-electron chi connectivity index (χ1n) is 8.06. The molecule has 5 nitrogen and oxygen atoms in total. The Kier molecular flexibility index (Phi) is 8.81. The molecule has 0 saturated carbocycles. The summed E-state index contributed by atoms with van der Waals surface area (Å²) in [6.45, 7) is 8.99. The molecule has 0 bridgehead atoms. The van der Waals surface area contributed by atoms with Gasteiger partial charge in [0, 0.05) is 39.1 Å². The number of aryl methyl sites for hydroxylation is 2. The molecular weight excluding hydrogens is 413 g/mol. The smallest absolute Gasteiger partial charge is 0.191 e. The fourth-order valence-electron chi connectivity index (χ4n) is 2.51. The average Bonchev–Trinajstić information content (AvgIpc) is 3.02. The Balaban J connectivity index is 0.00000288. The van der Waals surface area contributed by atoms with Gasteiger partial charge < -0.3 is 10.6 Å². The van der Waals surface area contributed by atoms with Crippen LogP contribution < -0.4 is 10.6 Å². The second-order valence-electron chi connectivity index (χ2n) is 6.07. The molecule has 0 amide bonds. The van der Waals surface area contributed by atoms with Gasteiger partial charge in [-0.1, -0.05) is 30.7 Å². The van der Waals surface area contributed by atoms with Gasteiger partial charge in [0.1, 0.15) is 0 Å².